The molecule has 62 valence electrons. The lowest BCUT2D eigenvalue weighted by atomic mass is 9.97. The largest absolute Gasteiger partial charge is 0.508 e. The number of aromatic hydroxyl groups is 1. The lowest BCUT2D eigenvalue weighted by Crippen LogP contribution is -1.97. The van der Waals surface area contributed by atoms with Gasteiger partial charge in [-0.25, -0.2) is 0 Å². The second-order valence-corrected chi connectivity index (χ2v) is 1.59. The first-order valence-corrected chi connectivity index (χ1v) is 2.33. The summed E-state index contributed by atoms with van der Waals surface area (Å²) in [4.78, 5) is 0. The molecule has 0 fully saturated rings. The Morgan fingerprint density at radius 2 is 1.27 bits per heavy atom. The maximum absolute atomic E-state index is 8.70. The molecule has 1 rings (SSSR count). The molecular formula is C6H8BCl3O. The molecule has 11 heavy (non-hydrogen) atoms. The number of phenolic OH excluding ortho intramolecular Hbond substituents is 1. The SMILES string of the molecule is Cl.Cl.Cl.[B]c1ccc(O)cc1. The van der Waals surface area contributed by atoms with Crippen LogP contribution in [0.1, 0.15) is 0 Å². The summed E-state index contributed by atoms with van der Waals surface area (Å²) in [6, 6.07) is 6.40. The maximum atomic E-state index is 8.70. The number of halogens is 3. The highest BCUT2D eigenvalue weighted by Crippen LogP contribution is 2.01. The van der Waals surface area contributed by atoms with Gasteiger partial charge in [-0.3, -0.25) is 0 Å². The van der Waals surface area contributed by atoms with E-state index < -0.39 is 0 Å². The monoisotopic (exact) mass is 212 g/mol. The van der Waals surface area contributed by atoms with Gasteiger partial charge < -0.3 is 5.11 Å². The normalized spacial score (nSPS) is 6.55. The van der Waals surface area contributed by atoms with Gasteiger partial charge in [0.2, 0.25) is 0 Å². The standard InChI is InChI=1S/C6H5BO.3ClH/c7-5-1-3-6(8)4-2-5;;;/h1-4,8H;3*1H. The van der Waals surface area contributed by atoms with E-state index in [4.69, 9.17) is 13.0 Å². The van der Waals surface area contributed by atoms with E-state index >= 15 is 0 Å². The summed E-state index contributed by atoms with van der Waals surface area (Å²) in [7, 11) is 5.32. The van der Waals surface area contributed by atoms with E-state index in [1.807, 2.05) is 0 Å². The molecule has 1 nitrogen and oxygen atoms in total. The quantitative estimate of drug-likeness (QED) is 0.647. The van der Waals surface area contributed by atoms with Crippen molar-refractivity contribution in [3.05, 3.63) is 24.3 Å². The Morgan fingerprint density at radius 3 is 1.55 bits per heavy atom. The van der Waals surface area contributed by atoms with Crippen LogP contribution in [0.15, 0.2) is 24.3 Å². The van der Waals surface area contributed by atoms with E-state index in [1.165, 1.54) is 0 Å². The molecule has 0 aliphatic carbocycles. The van der Waals surface area contributed by atoms with E-state index in [9.17, 15) is 0 Å². The molecule has 1 N–H and O–H groups in total. The van der Waals surface area contributed by atoms with Gasteiger partial charge in [0.25, 0.3) is 0 Å². The van der Waals surface area contributed by atoms with Crippen LogP contribution < -0.4 is 5.46 Å². The smallest absolute Gasteiger partial charge is 0.115 e. The van der Waals surface area contributed by atoms with E-state index in [2.05, 4.69) is 0 Å². The summed E-state index contributed by atoms with van der Waals surface area (Å²) in [6.07, 6.45) is 0. The van der Waals surface area contributed by atoms with Crippen molar-refractivity contribution in [2.45, 2.75) is 0 Å². The van der Waals surface area contributed by atoms with E-state index in [1.54, 1.807) is 24.3 Å². The molecule has 5 heteroatoms. The minimum absolute atomic E-state index is 0. The van der Waals surface area contributed by atoms with Gasteiger partial charge in [-0.15, -0.1) is 37.2 Å². The molecule has 2 radical (unpaired) electrons. The third-order valence-corrected chi connectivity index (χ3v) is 0.893. The molecule has 0 bridgehead atoms. The van der Waals surface area contributed by atoms with Crippen LogP contribution in [0.2, 0.25) is 0 Å². The van der Waals surface area contributed by atoms with Crippen molar-refractivity contribution in [2.75, 3.05) is 0 Å². The van der Waals surface area contributed by atoms with Gasteiger partial charge in [0.05, 0.1) is 0 Å². The number of benzene rings is 1. The van der Waals surface area contributed by atoms with Gasteiger partial charge in [0.1, 0.15) is 13.6 Å². The molecule has 0 spiro atoms. The van der Waals surface area contributed by atoms with E-state index in [0.717, 1.165) is 0 Å². The summed E-state index contributed by atoms with van der Waals surface area (Å²) in [5.41, 5.74) is 0.669. The second-order valence-electron chi connectivity index (χ2n) is 1.59. The first-order valence-electron chi connectivity index (χ1n) is 2.33. The lowest BCUT2D eigenvalue weighted by molar-refractivity contribution is 0.475. The van der Waals surface area contributed by atoms with Crippen molar-refractivity contribution in [1.82, 2.24) is 0 Å². The van der Waals surface area contributed by atoms with Gasteiger partial charge in [-0.2, -0.15) is 0 Å². The molecule has 1 aromatic rings. The summed E-state index contributed by atoms with van der Waals surface area (Å²) in [6.45, 7) is 0. The van der Waals surface area contributed by atoms with Gasteiger partial charge in [-0.1, -0.05) is 17.6 Å². The van der Waals surface area contributed by atoms with Crippen molar-refractivity contribution in [1.29, 1.82) is 0 Å². The predicted molar refractivity (Wildman–Crippen MR) is 55.2 cm³/mol. The number of hydrogen-bond donors (Lipinski definition) is 1. The highest BCUT2D eigenvalue weighted by atomic mass is 35.5. The molecule has 0 aliphatic rings. The topological polar surface area (TPSA) is 20.2 Å². The number of rotatable bonds is 0. The zero-order valence-electron chi connectivity index (χ0n) is 5.56. The maximum Gasteiger partial charge on any atom is 0.115 e. The summed E-state index contributed by atoms with van der Waals surface area (Å²) >= 11 is 0. The van der Waals surface area contributed by atoms with Crippen LogP contribution in [0, 0.1) is 0 Å². The molecule has 0 aliphatic heterocycles. The van der Waals surface area contributed by atoms with E-state index in [0.29, 0.717) is 5.46 Å². The Balaban J connectivity index is -0.000000213. The van der Waals surface area contributed by atoms with Gasteiger partial charge in [0, 0.05) is 0 Å². The van der Waals surface area contributed by atoms with Gasteiger partial charge in [-0.05, 0) is 12.1 Å². The number of phenols is 1. The van der Waals surface area contributed by atoms with Crippen LogP contribution in [0.5, 0.6) is 5.75 Å². The number of hydrogen-bond acceptors (Lipinski definition) is 1. The lowest BCUT2D eigenvalue weighted by Gasteiger charge is -1.89. The zero-order valence-corrected chi connectivity index (χ0v) is 8.01. The first-order chi connectivity index (χ1) is 3.79. The third kappa shape index (κ3) is 6.36. The Bertz CT molecular complexity index is 157. The predicted octanol–water partition coefficient (Wildman–Crippen LogP) is 1.45. The molecule has 1 aromatic carbocycles. The Labute approximate surface area is 85.8 Å². The Kier molecular flexibility index (Phi) is 12.6. The second kappa shape index (κ2) is 8.06. The van der Waals surface area contributed by atoms with E-state index in [-0.39, 0.29) is 43.0 Å². The highest BCUT2D eigenvalue weighted by Gasteiger charge is 1.81. The molecule has 0 saturated carbocycles. The molecular weight excluding hydrogens is 205 g/mol. The molecule has 0 unspecified atom stereocenters. The van der Waals surface area contributed by atoms with Gasteiger partial charge >= 0.3 is 0 Å². The van der Waals surface area contributed by atoms with Crippen LogP contribution in [-0.2, 0) is 0 Å². The highest BCUT2D eigenvalue weighted by molar-refractivity contribution is 6.32. The first kappa shape index (κ1) is 17.2. The molecule has 0 heterocycles. The molecule has 0 aromatic heterocycles. The molecule has 0 atom stereocenters. The summed E-state index contributed by atoms with van der Waals surface area (Å²) < 4.78 is 0. The fourth-order valence-electron chi connectivity index (χ4n) is 0.474. The van der Waals surface area contributed by atoms with Crippen molar-refractivity contribution >= 4 is 50.5 Å². The van der Waals surface area contributed by atoms with Crippen molar-refractivity contribution in [3.63, 3.8) is 0 Å². The Hall–Kier alpha value is -0.0451. The van der Waals surface area contributed by atoms with Crippen LogP contribution in [0.3, 0.4) is 0 Å². The Morgan fingerprint density at radius 1 is 0.909 bits per heavy atom. The molecule has 0 amide bonds. The van der Waals surface area contributed by atoms with Gasteiger partial charge in [0.15, 0.2) is 0 Å². The molecule has 0 saturated heterocycles. The fourth-order valence-corrected chi connectivity index (χ4v) is 0.474. The summed E-state index contributed by atoms with van der Waals surface area (Å²) in [5.74, 6) is 0.249. The minimum atomic E-state index is 0. The van der Waals surface area contributed by atoms with Crippen LogP contribution >= 0.6 is 37.2 Å². The summed E-state index contributed by atoms with van der Waals surface area (Å²) in [5, 5.41) is 8.70. The average molecular weight is 213 g/mol. The van der Waals surface area contributed by atoms with Crippen LogP contribution in [0.25, 0.3) is 0 Å². The van der Waals surface area contributed by atoms with Crippen LogP contribution in [-0.4, -0.2) is 13.0 Å². The average Bonchev–Trinajstić information content (AvgIpc) is 1.77. The van der Waals surface area contributed by atoms with Crippen molar-refractivity contribution in [3.8, 4) is 5.75 Å². The van der Waals surface area contributed by atoms with Crippen molar-refractivity contribution < 1.29 is 5.11 Å². The fraction of sp³-hybridized carbons (Fsp3) is 0. The van der Waals surface area contributed by atoms with Crippen LogP contribution in [0.4, 0.5) is 0 Å². The minimum Gasteiger partial charge on any atom is -0.508 e. The third-order valence-electron chi connectivity index (χ3n) is 0.893. The zero-order chi connectivity index (χ0) is 5.98. The van der Waals surface area contributed by atoms with Crippen molar-refractivity contribution in [2.24, 2.45) is 0 Å².